The van der Waals surface area contributed by atoms with Gasteiger partial charge in [-0.1, -0.05) is 33.3 Å². The van der Waals surface area contributed by atoms with E-state index in [1.54, 1.807) is 18.3 Å². The number of benzene rings is 2. The third kappa shape index (κ3) is 3.47. The minimum atomic E-state index is -0.604. The molecule has 1 amide bonds. The van der Waals surface area contributed by atoms with Crippen molar-refractivity contribution in [1.82, 2.24) is 20.0 Å². The molecule has 0 saturated heterocycles. The van der Waals surface area contributed by atoms with Crippen LogP contribution in [-0.2, 0) is 17.9 Å². The summed E-state index contributed by atoms with van der Waals surface area (Å²) in [6.07, 6.45) is 1.60. The second kappa shape index (κ2) is 7.47. The number of para-hydroxylation sites is 1. The average Bonchev–Trinajstić information content (AvgIpc) is 3.43. The summed E-state index contributed by atoms with van der Waals surface area (Å²) >= 11 is 4.73. The van der Waals surface area contributed by atoms with Crippen molar-refractivity contribution in [3.05, 3.63) is 68.9 Å². The number of fused-ring (bicyclic) bond motifs is 2. The topological polar surface area (TPSA) is 98.1 Å². The van der Waals surface area contributed by atoms with Crippen LogP contribution in [-0.4, -0.2) is 37.5 Å². The maximum Gasteiger partial charge on any atom is 0.299 e. The highest BCUT2D eigenvalue weighted by Gasteiger charge is 2.36. The van der Waals surface area contributed by atoms with Crippen LogP contribution in [0, 0.1) is 6.92 Å². The van der Waals surface area contributed by atoms with Gasteiger partial charge in [0.25, 0.3) is 11.7 Å². The molecule has 4 aromatic rings. The molecular formula is C21H14BrN5O3S. The predicted octanol–water partition coefficient (Wildman–Crippen LogP) is 3.57. The predicted molar refractivity (Wildman–Crippen MR) is 118 cm³/mol. The molecule has 8 nitrogen and oxygen atoms in total. The summed E-state index contributed by atoms with van der Waals surface area (Å²) in [7, 11) is 0. The van der Waals surface area contributed by atoms with E-state index in [4.69, 9.17) is 0 Å². The number of thiazole rings is 1. The lowest BCUT2D eigenvalue weighted by molar-refractivity contribution is -0.114. The fraction of sp³-hybridized carbons (Fsp3) is 0.143. The van der Waals surface area contributed by atoms with Crippen LogP contribution >= 0.6 is 27.3 Å². The van der Waals surface area contributed by atoms with E-state index in [0.29, 0.717) is 22.0 Å². The van der Waals surface area contributed by atoms with Gasteiger partial charge in [0.1, 0.15) is 12.2 Å². The maximum atomic E-state index is 12.6. The molecule has 0 bridgehead atoms. The van der Waals surface area contributed by atoms with Gasteiger partial charge >= 0.3 is 0 Å². The van der Waals surface area contributed by atoms with Gasteiger partial charge in [-0.25, -0.2) is 9.67 Å². The Morgan fingerprint density at radius 1 is 1.19 bits per heavy atom. The number of amides is 1. The molecule has 0 radical (unpaired) electrons. The number of hydrogen-bond acceptors (Lipinski definition) is 7. The van der Waals surface area contributed by atoms with Crippen molar-refractivity contribution in [2.75, 3.05) is 4.90 Å². The van der Waals surface area contributed by atoms with Gasteiger partial charge in [-0.15, -0.1) is 16.4 Å². The smallest absolute Gasteiger partial charge is 0.299 e. The number of aromatic nitrogens is 4. The maximum absolute atomic E-state index is 12.6. The van der Waals surface area contributed by atoms with Gasteiger partial charge < -0.3 is 0 Å². The Morgan fingerprint density at radius 3 is 2.81 bits per heavy atom. The quantitative estimate of drug-likeness (QED) is 0.310. The van der Waals surface area contributed by atoms with Gasteiger partial charge in [0, 0.05) is 4.47 Å². The molecule has 2 aromatic heterocycles. The van der Waals surface area contributed by atoms with E-state index >= 15 is 0 Å². The van der Waals surface area contributed by atoms with E-state index in [-0.39, 0.29) is 18.9 Å². The molecule has 0 aliphatic carbocycles. The number of ketones is 2. The average molecular weight is 496 g/mol. The number of Topliss-reactive ketones (excluding diaryl/α,β-unsaturated/α-hetero) is 2. The lowest BCUT2D eigenvalue weighted by Gasteiger charge is -2.15. The minimum absolute atomic E-state index is 0.0116. The summed E-state index contributed by atoms with van der Waals surface area (Å²) in [4.78, 5) is 43.2. The molecule has 0 spiro atoms. The second-order valence-corrected chi connectivity index (χ2v) is 9.04. The Hall–Kier alpha value is -3.24. The molecule has 1 aliphatic rings. The van der Waals surface area contributed by atoms with Gasteiger partial charge in [-0.3, -0.25) is 19.3 Å². The van der Waals surface area contributed by atoms with Gasteiger partial charge in [0.2, 0.25) is 5.78 Å². The van der Waals surface area contributed by atoms with Gasteiger partial charge in [-0.2, -0.15) is 0 Å². The number of halogens is 1. The van der Waals surface area contributed by atoms with E-state index < -0.39 is 11.7 Å². The van der Waals surface area contributed by atoms with Gasteiger partial charge in [0.05, 0.1) is 34.2 Å². The van der Waals surface area contributed by atoms with Crippen molar-refractivity contribution in [3.8, 4) is 0 Å². The van der Waals surface area contributed by atoms with E-state index in [1.165, 1.54) is 20.9 Å². The van der Waals surface area contributed by atoms with Gasteiger partial charge in [0.15, 0.2) is 5.01 Å². The van der Waals surface area contributed by atoms with Crippen molar-refractivity contribution < 1.29 is 14.4 Å². The van der Waals surface area contributed by atoms with Crippen molar-refractivity contribution in [2.45, 2.75) is 20.0 Å². The highest BCUT2D eigenvalue weighted by molar-refractivity contribution is 9.10. The molecule has 31 heavy (non-hydrogen) atoms. The Bertz CT molecular complexity index is 1360. The molecule has 0 unspecified atom stereocenters. The third-order valence-corrected chi connectivity index (χ3v) is 6.93. The lowest BCUT2D eigenvalue weighted by atomic mass is 10.1. The normalized spacial score (nSPS) is 13.3. The summed E-state index contributed by atoms with van der Waals surface area (Å²) in [6, 6.07) is 11.0. The van der Waals surface area contributed by atoms with Crippen molar-refractivity contribution in [1.29, 1.82) is 0 Å². The molecular weight excluding hydrogens is 482 g/mol. The van der Waals surface area contributed by atoms with Crippen LogP contribution in [0.15, 0.2) is 47.1 Å². The van der Waals surface area contributed by atoms with Crippen molar-refractivity contribution in [3.63, 3.8) is 0 Å². The molecule has 154 valence electrons. The summed E-state index contributed by atoms with van der Waals surface area (Å²) < 4.78 is 3.14. The van der Waals surface area contributed by atoms with E-state index in [9.17, 15) is 14.4 Å². The fourth-order valence-corrected chi connectivity index (χ4v) is 4.67. The van der Waals surface area contributed by atoms with Crippen molar-refractivity contribution in [2.24, 2.45) is 0 Å². The number of carbonyl (C=O) groups is 3. The molecule has 3 heterocycles. The number of hydrogen-bond donors (Lipinski definition) is 0. The summed E-state index contributed by atoms with van der Waals surface area (Å²) in [5, 5.41) is 8.48. The fourth-order valence-electron chi connectivity index (χ4n) is 3.43. The standard InChI is InChI=1S/C21H14BrN5O3S/c1-11-6-16-13(7-14(11)22)19(29)21(30)27(16)9-12-8-26(25-24-12)10-17(28)20-23-15-4-2-3-5-18(15)31-20/h2-8H,9-10H2,1H3. The first kappa shape index (κ1) is 19.7. The largest absolute Gasteiger partial charge is 0.299 e. The summed E-state index contributed by atoms with van der Waals surface area (Å²) in [5.41, 5.74) is 3.09. The van der Waals surface area contributed by atoms with Crippen LogP contribution in [0.1, 0.15) is 31.4 Å². The van der Waals surface area contributed by atoms with Crippen LogP contribution < -0.4 is 4.90 Å². The highest BCUT2D eigenvalue weighted by Crippen LogP contribution is 2.34. The number of nitrogens with zero attached hydrogens (tertiary/aromatic N) is 5. The lowest BCUT2D eigenvalue weighted by Crippen LogP contribution is -2.29. The van der Waals surface area contributed by atoms with Crippen LogP contribution in [0.4, 0.5) is 5.69 Å². The zero-order chi connectivity index (χ0) is 21.7. The monoisotopic (exact) mass is 495 g/mol. The van der Waals surface area contributed by atoms with Crippen LogP contribution in [0.25, 0.3) is 10.2 Å². The highest BCUT2D eigenvalue weighted by atomic mass is 79.9. The number of carbonyl (C=O) groups excluding carboxylic acids is 3. The molecule has 5 rings (SSSR count). The van der Waals surface area contributed by atoms with E-state index in [1.807, 2.05) is 31.2 Å². The first-order chi connectivity index (χ1) is 14.9. The Labute approximate surface area is 188 Å². The molecule has 10 heteroatoms. The van der Waals surface area contributed by atoms with E-state index in [2.05, 4.69) is 31.2 Å². The molecule has 0 atom stereocenters. The third-order valence-electron chi connectivity index (χ3n) is 5.00. The van der Waals surface area contributed by atoms with Crippen LogP contribution in [0.2, 0.25) is 0 Å². The first-order valence-corrected chi connectivity index (χ1v) is 11.0. The minimum Gasteiger partial charge on any atom is -0.299 e. The zero-order valence-electron chi connectivity index (χ0n) is 16.2. The number of rotatable bonds is 5. The molecule has 0 N–H and O–H groups in total. The Balaban J connectivity index is 1.34. The molecule has 0 saturated carbocycles. The Morgan fingerprint density at radius 2 is 2.00 bits per heavy atom. The Kier molecular flexibility index (Phi) is 4.75. The summed E-state index contributed by atoms with van der Waals surface area (Å²) in [6.45, 7) is 1.97. The number of aryl methyl sites for hydroxylation is 1. The number of anilines is 1. The van der Waals surface area contributed by atoms with Gasteiger partial charge in [-0.05, 0) is 36.8 Å². The van der Waals surface area contributed by atoms with E-state index in [0.717, 1.165) is 20.3 Å². The van der Waals surface area contributed by atoms with Crippen LogP contribution in [0.3, 0.4) is 0 Å². The zero-order valence-corrected chi connectivity index (χ0v) is 18.6. The molecule has 0 fully saturated rings. The van der Waals surface area contributed by atoms with Crippen LogP contribution in [0.5, 0.6) is 0 Å². The first-order valence-electron chi connectivity index (χ1n) is 9.35. The molecule has 1 aliphatic heterocycles. The van der Waals surface area contributed by atoms with Crippen molar-refractivity contribution >= 4 is 60.6 Å². The second-order valence-electron chi connectivity index (χ2n) is 7.16. The molecule has 2 aromatic carbocycles. The SMILES string of the molecule is Cc1cc2c(cc1Br)C(=O)C(=O)N2Cc1cn(CC(=O)c2nc3ccccc3s2)nn1. The summed E-state index contributed by atoms with van der Waals surface area (Å²) in [5.74, 6) is -1.32.